The second-order valence-corrected chi connectivity index (χ2v) is 4.55. The number of ether oxygens (including phenoxy) is 2. The van der Waals surface area contributed by atoms with Crippen molar-refractivity contribution in [3.05, 3.63) is 33.0 Å². The van der Waals surface area contributed by atoms with Crippen LogP contribution in [0.3, 0.4) is 0 Å². The number of aromatic nitrogens is 4. The zero-order chi connectivity index (χ0) is 16.0. The van der Waals surface area contributed by atoms with Crippen molar-refractivity contribution in [2.45, 2.75) is 6.73 Å². The van der Waals surface area contributed by atoms with Crippen LogP contribution in [0.5, 0.6) is 6.01 Å². The summed E-state index contributed by atoms with van der Waals surface area (Å²) in [4.78, 5) is 51.4. The second-order valence-electron chi connectivity index (χ2n) is 4.55. The maximum atomic E-state index is 12.2. The lowest BCUT2D eigenvalue weighted by Crippen LogP contribution is -2.39. The molecule has 0 unspecified atom stereocenters. The highest BCUT2D eigenvalue weighted by molar-refractivity contribution is 5.92. The van der Waals surface area contributed by atoms with Crippen molar-refractivity contribution in [2.24, 2.45) is 14.1 Å². The van der Waals surface area contributed by atoms with Crippen molar-refractivity contribution in [1.29, 1.82) is 0 Å². The molecule has 0 N–H and O–H groups in total. The monoisotopic (exact) mass is 306 g/mol. The van der Waals surface area contributed by atoms with Crippen LogP contribution in [0.2, 0.25) is 0 Å². The van der Waals surface area contributed by atoms with Crippen LogP contribution in [-0.2, 0) is 35.2 Å². The van der Waals surface area contributed by atoms with Gasteiger partial charge >= 0.3 is 23.6 Å². The topological polar surface area (TPSA) is 114 Å². The number of fused-ring (bicyclic) bond motifs is 1. The molecule has 3 rings (SSSR count). The van der Waals surface area contributed by atoms with E-state index in [1.54, 1.807) is 0 Å². The molecule has 3 heterocycles. The fraction of sp³-hybridized carbons (Fsp3) is 0.250. The molecule has 0 radical (unpaired) electrons. The standard InChI is InChI=1S/C12H10N4O6/c1-14-8-9-13-11(14)22-7(18)4-3-6(17)21-5-16(9)12(20)15(2)10(8)19/h3-4H,5H2,1-2H3/b4-3-. The Morgan fingerprint density at radius 3 is 2.45 bits per heavy atom. The quantitative estimate of drug-likeness (QED) is 0.539. The lowest BCUT2D eigenvalue weighted by Gasteiger charge is -2.09. The van der Waals surface area contributed by atoms with E-state index in [1.165, 1.54) is 18.7 Å². The minimum atomic E-state index is -0.858. The van der Waals surface area contributed by atoms with Gasteiger partial charge in [-0.15, -0.1) is 0 Å². The largest absolute Gasteiger partial charge is 0.441 e. The van der Waals surface area contributed by atoms with Crippen LogP contribution in [0.1, 0.15) is 0 Å². The summed E-state index contributed by atoms with van der Waals surface area (Å²) in [6.07, 6.45) is 1.74. The van der Waals surface area contributed by atoms with Crippen molar-refractivity contribution in [3.63, 3.8) is 0 Å². The average Bonchev–Trinajstić information content (AvgIpc) is 2.78. The molecule has 0 atom stereocenters. The van der Waals surface area contributed by atoms with Gasteiger partial charge in [-0.1, -0.05) is 0 Å². The maximum Gasteiger partial charge on any atom is 0.338 e. The molecule has 0 aromatic carbocycles. The first kappa shape index (κ1) is 13.8. The molecule has 22 heavy (non-hydrogen) atoms. The minimum absolute atomic E-state index is 0.0342. The average molecular weight is 306 g/mol. The smallest absolute Gasteiger partial charge is 0.338 e. The highest BCUT2D eigenvalue weighted by Gasteiger charge is 2.21. The maximum absolute atomic E-state index is 12.2. The molecule has 0 aliphatic carbocycles. The van der Waals surface area contributed by atoms with Gasteiger partial charge in [0.15, 0.2) is 17.9 Å². The van der Waals surface area contributed by atoms with Crippen molar-refractivity contribution >= 4 is 23.1 Å². The van der Waals surface area contributed by atoms with Gasteiger partial charge in [0.1, 0.15) is 0 Å². The molecule has 114 valence electrons. The normalized spacial score (nSPS) is 16.3. The number of rotatable bonds is 0. The number of cyclic esters (lactones) is 1. The van der Waals surface area contributed by atoms with Gasteiger partial charge in [0.05, 0.1) is 0 Å². The summed E-state index contributed by atoms with van der Waals surface area (Å²) < 4.78 is 12.9. The molecule has 0 fully saturated rings. The zero-order valence-electron chi connectivity index (χ0n) is 11.6. The number of aryl methyl sites for hydroxylation is 1. The summed E-state index contributed by atoms with van der Waals surface area (Å²) in [5.41, 5.74) is -1.30. The van der Waals surface area contributed by atoms with E-state index in [-0.39, 0.29) is 17.2 Å². The van der Waals surface area contributed by atoms with E-state index in [9.17, 15) is 19.2 Å². The van der Waals surface area contributed by atoms with Crippen molar-refractivity contribution in [3.8, 4) is 6.01 Å². The molecular formula is C12H10N4O6. The van der Waals surface area contributed by atoms with Gasteiger partial charge in [0.25, 0.3) is 5.56 Å². The van der Waals surface area contributed by atoms with Gasteiger partial charge in [-0.05, 0) is 0 Å². The van der Waals surface area contributed by atoms with Crippen LogP contribution >= 0.6 is 0 Å². The van der Waals surface area contributed by atoms with Gasteiger partial charge < -0.3 is 9.47 Å². The van der Waals surface area contributed by atoms with E-state index in [1.807, 2.05) is 0 Å². The van der Waals surface area contributed by atoms with Crippen LogP contribution in [0.4, 0.5) is 0 Å². The van der Waals surface area contributed by atoms with Crippen LogP contribution in [0, 0.1) is 0 Å². The number of esters is 2. The molecule has 2 bridgehead atoms. The molecule has 0 saturated carbocycles. The number of hydrogen-bond donors (Lipinski definition) is 0. The van der Waals surface area contributed by atoms with Crippen molar-refractivity contribution < 1.29 is 19.1 Å². The van der Waals surface area contributed by atoms with Crippen LogP contribution in [-0.4, -0.2) is 30.6 Å². The predicted octanol–water partition coefficient (Wildman–Crippen LogP) is -1.59. The first-order valence-corrected chi connectivity index (χ1v) is 6.13. The van der Waals surface area contributed by atoms with Crippen LogP contribution in [0.25, 0.3) is 11.2 Å². The Morgan fingerprint density at radius 1 is 1.05 bits per heavy atom. The third kappa shape index (κ3) is 1.92. The summed E-state index contributed by atoms with van der Waals surface area (Å²) in [6.45, 7) is -0.447. The number of carbonyl (C=O) groups excluding carboxylic acids is 2. The van der Waals surface area contributed by atoms with Gasteiger partial charge in [-0.3, -0.25) is 13.9 Å². The van der Waals surface area contributed by atoms with Crippen molar-refractivity contribution in [2.75, 3.05) is 0 Å². The Bertz CT molecular complexity index is 961. The Morgan fingerprint density at radius 2 is 1.73 bits per heavy atom. The van der Waals surface area contributed by atoms with E-state index < -0.39 is 29.9 Å². The third-order valence-electron chi connectivity index (χ3n) is 3.20. The first-order valence-electron chi connectivity index (χ1n) is 6.13. The Balaban J connectivity index is 2.40. The van der Waals surface area contributed by atoms with E-state index in [0.29, 0.717) is 0 Å². The highest BCUT2D eigenvalue weighted by Crippen LogP contribution is 2.16. The first-order chi connectivity index (χ1) is 10.4. The lowest BCUT2D eigenvalue weighted by atomic mass is 10.5. The number of imidazole rings is 1. The third-order valence-corrected chi connectivity index (χ3v) is 3.20. The van der Waals surface area contributed by atoms with Gasteiger partial charge in [-0.2, -0.15) is 4.98 Å². The van der Waals surface area contributed by atoms with E-state index in [2.05, 4.69) is 4.98 Å². The number of nitrogens with zero attached hydrogens (tertiary/aromatic N) is 4. The molecule has 10 heteroatoms. The summed E-state index contributed by atoms with van der Waals surface area (Å²) in [5, 5.41) is 0. The van der Waals surface area contributed by atoms with Gasteiger partial charge in [0.2, 0.25) is 0 Å². The van der Waals surface area contributed by atoms with E-state index in [4.69, 9.17) is 9.47 Å². The van der Waals surface area contributed by atoms with Crippen LogP contribution < -0.4 is 16.0 Å². The summed E-state index contributed by atoms with van der Waals surface area (Å²) in [6, 6.07) is -0.171. The van der Waals surface area contributed by atoms with E-state index >= 15 is 0 Å². The number of carbonyl (C=O) groups is 2. The molecule has 0 spiro atoms. The van der Waals surface area contributed by atoms with Crippen LogP contribution in [0.15, 0.2) is 21.7 Å². The Hall–Kier alpha value is -3.17. The molecule has 2 aromatic rings. The molecule has 1 aliphatic rings. The summed E-state index contributed by atoms with van der Waals surface area (Å²) in [5.74, 6) is -1.69. The van der Waals surface area contributed by atoms with Gasteiger partial charge in [-0.25, -0.2) is 19.0 Å². The fourth-order valence-electron chi connectivity index (χ4n) is 2.05. The second kappa shape index (κ2) is 4.69. The fourth-order valence-corrected chi connectivity index (χ4v) is 2.05. The summed E-state index contributed by atoms with van der Waals surface area (Å²) >= 11 is 0. The molecular weight excluding hydrogens is 296 g/mol. The molecule has 1 aliphatic heterocycles. The molecule has 2 aromatic heterocycles. The van der Waals surface area contributed by atoms with Gasteiger partial charge in [0, 0.05) is 26.2 Å². The molecule has 0 amide bonds. The highest BCUT2D eigenvalue weighted by atomic mass is 16.6. The Labute approximate surface area is 121 Å². The lowest BCUT2D eigenvalue weighted by molar-refractivity contribution is -0.142. The number of hydrogen-bond acceptors (Lipinski definition) is 7. The summed E-state index contributed by atoms with van der Waals surface area (Å²) in [7, 11) is 2.75. The predicted molar refractivity (Wildman–Crippen MR) is 71.1 cm³/mol. The van der Waals surface area contributed by atoms with Crippen molar-refractivity contribution in [1.82, 2.24) is 18.7 Å². The minimum Gasteiger partial charge on any atom is -0.441 e. The van der Waals surface area contributed by atoms with E-state index in [0.717, 1.165) is 21.3 Å². The molecule has 0 saturated heterocycles. The Kier molecular flexibility index (Phi) is 2.94. The SMILES string of the molecule is Cn1c(=O)c2c3nc(n2C)OC(=O)/C=C\C(=O)OCn3c1=O. The zero-order valence-corrected chi connectivity index (χ0v) is 11.6. The molecule has 10 nitrogen and oxygen atoms in total.